The van der Waals surface area contributed by atoms with Crippen LogP contribution in [0.4, 0.5) is 21.6 Å². The molecule has 1 N–H and O–H groups in total. The first-order valence-electron chi connectivity index (χ1n) is 12.9. The Morgan fingerprint density at radius 1 is 1.05 bits per heavy atom. The molecule has 0 saturated carbocycles. The number of hydrogen-bond acceptors (Lipinski definition) is 8. The van der Waals surface area contributed by atoms with Crippen molar-refractivity contribution in [2.75, 3.05) is 36.4 Å². The quantitative estimate of drug-likeness (QED) is 0.310. The van der Waals surface area contributed by atoms with Crippen LogP contribution in [-0.2, 0) is 11.8 Å². The number of aryl methyl sites for hydroxylation is 2. The molecule has 0 atom stereocenters. The van der Waals surface area contributed by atoms with Gasteiger partial charge in [0.15, 0.2) is 5.82 Å². The topological polar surface area (TPSA) is 101 Å². The van der Waals surface area contributed by atoms with E-state index in [2.05, 4.69) is 32.2 Å². The molecule has 0 aliphatic carbocycles. The number of benzene rings is 3. The molecule has 202 valence electrons. The van der Waals surface area contributed by atoms with E-state index in [-0.39, 0.29) is 5.91 Å². The summed E-state index contributed by atoms with van der Waals surface area (Å²) in [7, 11) is 1.84. The number of nitrogens with zero attached hydrogens (tertiary/aromatic N) is 7. The number of carbonyl (C=O) groups is 1. The van der Waals surface area contributed by atoms with Crippen LogP contribution in [0, 0.1) is 12.7 Å². The van der Waals surface area contributed by atoms with E-state index >= 15 is 4.39 Å². The molecule has 1 aliphatic heterocycles. The van der Waals surface area contributed by atoms with Gasteiger partial charge >= 0.3 is 0 Å². The average Bonchev–Trinajstić information content (AvgIpc) is 3.34. The third-order valence-electron chi connectivity index (χ3n) is 7.07. The number of amides is 1. The molecule has 6 rings (SSSR count). The van der Waals surface area contributed by atoms with Crippen LogP contribution in [0.1, 0.15) is 5.56 Å². The van der Waals surface area contributed by atoms with Crippen molar-refractivity contribution >= 4 is 45.0 Å². The van der Waals surface area contributed by atoms with Crippen LogP contribution in [0.2, 0.25) is 0 Å². The maximum atomic E-state index is 15.9. The molecule has 1 amide bonds. The first-order chi connectivity index (χ1) is 19.4. The molecular formula is C29H27FN8O2. The van der Waals surface area contributed by atoms with Crippen LogP contribution in [0.3, 0.4) is 0 Å². The maximum absolute atomic E-state index is 15.9. The molecule has 1 aliphatic rings. The largest absolute Gasteiger partial charge is 0.457 e. The lowest BCUT2D eigenvalue weighted by molar-refractivity contribution is -0.126. The van der Waals surface area contributed by atoms with Gasteiger partial charge in [0.1, 0.15) is 29.2 Å². The van der Waals surface area contributed by atoms with Gasteiger partial charge in [-0.05, 0) is 61.0 Å². The molecule has 2 aromatic heterocycles. The van der Waals surface area contributed by atoms with Gasteiger partial charge in [0.05, 0.1) is 22.1 Å². The zero-order chi connectivity index (χ0) is 27.8. The number of rotatable bonds is 6. The summed E-state index contributed by atoms with van der Waals surface area (Å²) in [6, 6.07) is 14.8. The molecular weight excluding hydrogens is 511 g/mol. The fourth-order valence-electron chi connectivity index (χ4n) is 4.93. The van der Waals surface area contributed by atoms with Crippen molar-refractivity contribution in [2.24, 2.45) is 7.05 Å². The van der Waals surface area contributed by atoms with Gasteiger partial charge in [0.25, 0.3) is 0 Å². The fraction of sp³-hybridized carbons (Fsp3) is 0.207. The summed E-state index contributed by atoms with van der Waals surface area (Å²) in [5.74, 6) is 1.19. The van der Waals surface area contributed by atoms with Crippen molar-refractivity contribution in [1.82, 2.24) is 29.9 Å². The van der Waals surface area contributed by atoms with Crippen LogP contribution in [0.15, 0.2) is 67.5 Å². The van der Waals surface area contributed by atoms with E-state index in [9.17, 15) is 4.79 Å². The predicted molar refractivity (Wildman–Crippen MR) is 152 cm³/mol. The van der Waals surface area contributed by atoms with Crippen LogP contribution < -0.4 is 15.0 Å². The molecule has 3 aromatic carbocycles. The highest BCUT2D eigenvalue weighted by Gasteiger charge is 2.23. The SMILES string of the molecule is C=CC(=O)N1CCN(c2ccc3ncnc(Nc4ccc(Oc5ccc6c(c5)nnn6C)c(C)c4)c3c2F)CC1. The molecule has 0 bridgehead atoms. The normalized spacial score (nSPS) is 13.6. The number of halogens is 1. The van der Waals surface area contributed by atoms with E-state index in [4.69, 9.17) is 4.74 Å². The number of nitrogens with one attached hydrogen (secondary N) is 1. The smallest absolute Gasteiger partial charge is 0.246 e. The summed E-state index contributed by atoms with van der Waals surface area (Å²) in [6.07, 6.45) is 2.72. The second-order valence-corrected chi connectivity index (χ2v) is 9.60. The highest BCUT2D eigenvalue weighted by Crippen LogP contribution is 2.34. The van der Waals surface area contributed by atoms with E-state index < -0.39 is 5.82 Å². The lowest BCUT2D eigenvalue weighted by atomic mass is 10.1. The number of piperazine rings is 1. The average molecular weight is 539 g/mol. The number of carbonyl (C=O) groups excluding carboxylic acids is 1. The van der Waals surface area contributed by atoms with Crippen molar-refractivity contribution in [3.63, 3.8) is 0 Å². The predicted octanol–water partition coefficient (Wildman–Crippen LogP) is 4.73. The Bertz CT molecular complexity index is 1760. The molecule has 11 heteroatoms. The second-order valence-electron chi connectivity index (χ2n) is 9.60. The van der Waals surface area contributed by atoms with Crippen LogP contribution in [-0.4, -0.2) is 61.9 Å². The first kappa shape index (κ1) is 25.2. The highest BCUT2D eigenvalue weighted by atomic mass is 19.1. The van der Waals surface area contributed by atoms with E-state index in [1.54, 1.807) is 21.7 Å². The summed E-state index contributed by atoms with van der Waals surface area (Å²) in [5.41, 5.74) is 4.24. The molecule has 0 spiro atoms. The zero-order valence-electron chi connectivity index (χ0n) is 22.1. The highest BCUT2D eigenvalue weighted by molar-refractivity contribution is 5.94. The fourth-order valence-corrected chi connectivity index (χ4v) is 4.93. The maximum Gasteiger partial charge on any atom is 0.246 e. The van der Waals surface area contributed by atoms with E-state index in [0.717, 1.165) is 22.3 Å². The molecule has 1 fully saturated rings. The zero-order valence-corrected chi connectivity index (χ0v) is 22.1. The number of hydrogen-bond donors (Lipinski definition) is 1. The third-order valence-corrected chi connectivity index (χ3v) is 7.07. The van der Waals surface area contributed by atoms with Crippen molar-refractivity contribution in [2.45, 2.75) is 6.92 Å². The Morgan fingerprint density at radius 2 is 1.88 bits per heavy atom. The van der Waals surface area contributed by atoms with Crippen molar-refractivity contribution in [3.8, 4) is 11.5 Å². The Kier molecular flexibility index (Phi) is 6.47. The molecule has 40 heavy (non-hydrogen) atoms. The van der Waals surface area contributed by atoms with Gasteiger partial charge in [-0.15, -0.1) is 5.10 Å². The van der Waals surface area contributed by atoms with Crippen LogP contribution in [0.5, 0.6) is 11.5 Å². The molecule has 0 unspecified atom stereocenters. The molecule has 5 aromatic rings. The summed E-state index contributed by atoms with van der Waals surface area (Å²) < 4.78 is 23.8. The van der Waals surface area contributed by atoms with Crippen molar-refractivity contribution in [1.29, 1.82) is 0 Å². The van der Waals surface area contributed by atoms with Crippen molar-refractivity contribution in [3.05, 3.63) is 78.9 Å². The van der Waals surface area contributed by atoms with Gasteiger partial charge in [-0.3, -0.25) is 4.79 Å². The van der Waals surface area contributed by atoms with Gasteiger partial charge in [0, 0.05) is 45.0 Å². The lowest BCUT2D eigenvalue weighted by Gasteiger charge is -2.35. The Hall–Kier alpha value is -5.06. The Balaban J connectivity index is 1.24. The summed E-state index contributed by atoms with van der Waals surface area (Å²) in [4.78, 5) is 24.2. The molecule has 1 saturated heterocycles. The first-order valence-corrected chi connectivity index (χ1v) is 12.9. The third kappa shape index (κ3) is 4.66. The van der Waals surface area contributed by atoms with Gasteiger partial charge in [0.2, 0.25) is 5.91 Å². The van der Waals surface area contributed by atoms with Gasteiger partial charge in [-0.1, -0.05) is 11.8 Å². The Labute approximate surface area is 229 Å². The minimum Gasteiger partial charge on any atom is -0.457 e. The monoisotopic (exact) mass is 538 g/mol. The van der Waals surface area contributed by atoms with Gasteiger partial charge in [-0.2, -0.15) is 0 Å². The summed E-state index contributed by atoms with van der Waals surface area (Å²) >= 11 is 0. The minimum atomic E-state index is -0.403. The van der Waals surface area contributed by atoms with Crippen LogP contribution in [0.25, 0.3) is 21.9 Å². The van der Waals surface area contributed by atoms with Gasteiger partial charge in [-0.25, -0.2) is 19.0 Å². The number of ether oxygens (including phenoxy) is 1. The Morgan fingerprint density at radius 3 is 2.65 bits per heavy atom. The van der Waals surface area contributed by atoms with Gasteiger partial charge < -0.3 is 19.9 Å². The number of anilines is 3. The molecule has 10 nitrogen and oxygen atoms in total. The molecule has 3 heterocycles. The minimum absolute atomic E-state index is 0.114. The second kappa shape index (κ2) is 10.3. The lowest BCUT2D eigenvalue weighted by Crippen LogP contribution is -2.48. The van der Waals surface area contributed by atoms with E-state index in [0.29, 0.717) is 60.1 Å². The standard InChI is InChI=1S/C29H27FN8O2/c1-4-26(39)38-13-11-37(12-14-38)24-9-7-21-27(28(24)30)29(32-17-31-21)33-19-5-10-25(18(2)15-19)40-20-6-8-23-22(16-20)34-35-36(23)3/h4-10,15-17H,1,11-14H2,2-3H3,(H,31,32,33). The van der Waals surface area contributed by atoms with E-state index in [1.165, 1.54) is 12.4 Å². The van der Waals surface area contributed by atoms with Crippen LogP contribution >= 0.6 is 0 Å². The summed E-state index contributed by atoms with van der Waals surface area (Å²) in [6.45, 7) is 7.52. The van der Waals surface area contributed by atoms with Crippen molar-refractivity contribution < 1.29 is 13.9 Å². The van der Waals surface area contributed by atoms with E-state index in [1.807, 2.05) is 55.3 Å². The number of fused-ring (bicyclic) bond motifs is 2. The molecule has 0 radical (unpaired) electrons. The summed E-state index contributed by atoms with van der Waals surface area (Å²) in [5, 5.41) is 11.7. The number of aromatic nitrogens is 5.